The summed E-state index contributed by atoms with van der Waals surface area (Å²) in [6, 6.07) is 1.43. The van der Waals surface area contributed by atoms with Crippen molar-refractivity contribution < 1.29 is 0 Å². The minimum atomic E-state index is 0.256. The Labute approximate surface area is 251 Å². The monoisotopic (exact) mass is 558 g/mol. The molecule has 3 aliphatic heterocycles. The van der Waals surface area contributed by atoms with Gasteiger partial charge in [-0.3, -0.25) is 14.7 Å². The van der Waals surface area contributed by atoms with Crippen LogP contribution in [-0.4, -0.2) is 68.6 Å². The zero-order valence-corrected chi connectivity index (χ0v) is 29.8. The van der Waals surface area contributed by atoms with Crippen LogP contribution in [0.1, 0.15) is 161 Å². The van der Waals surface area contributed by atoms with Gasteiger partial charge >= 0.3 is 0 Å². The third kappa shape index (κ3) is 5.60. The van der Waals surface area contributed by atoms with Crippen LogP contribution < -0.4 is 0 Å². The van der Waals surface area contributed by atoms with Gasteiger partial charge in [0.25, 0.3) is 0 Å². The van der Waals surface area contributed by atoms with Crippen LogP contribution in [0.5, 0.6) is 0 Å². The molecule has 4 atom stereocenters. The first-order chi connectivity index (χ1) is 18.1. The van der Waals surface area contributed by atoms with Gasteiger partial charge in [0.05, 0.1) is 0 Å². The lowest BCUT2D eigenvalue weighted by atomic mass is 9.70. The normalized spacial score (nSPS) is 33.0. The lowest BCUT2D eigenvalue weighted by Gasteiger charge is -2.56. The van der Waals surface area contributed by atoms with Gasteiger partial charge in [0.2, 0.25) is 0 Å². The van der Waals surface area contributed by atoms with Crippen LogP contribution in [0, 0.1) is 22.2 Å². The molecule has 4 fully saturated rings. The summed E-state index contributed by atoms with van der Waals surface area (Å²) in [5, 5.41) is 0. The topological polar surface area (TPSA) is 9.72 Å². The molecular formula is C37H71N3. The van der Waals surface area contributed by atoms with E-state index in [4.69, 9.17) is 0 Å². The average Bonchev–Trinajstić information content (AvgIpc) is 3.17. The maximum absolute atomic E-state index is 3.00. The first-order valence-corrected chi connectivity index (χ1v) is 17.4. The highest BCUT2D eigenvalue weighted by Gasteiger charge is 2.72. The molecule has 4 rings (SSSR count). The summed E-state index contributed by atoms with van der Waals surface area (Å²) in [6.45, 7) is 39.3. The second-order valence-corrected chi connectivity index (χ2v) is 19.1. The van der Waals surface area contributed by atoms with E-state index < -0.39 is 0 Å². The number of nitrogens with zero attached hydrogens (tertiary/aromatic N) is 3. The number of hydrogen-bond donors (Lipinski definition) is 0. The van der Waals surface area contributed by atoms with Crippen LogP contribution in [0.4, 0.5) is 0 Å². The second kappa shape index (κ2) is 10.5. The molecular weight excluding hydrogens is 486 g/mol. The summed E-state index contributed by atoms with van der Waals surface area (Å²) in [7, 11) is 0. The number of rotatable bonds is 10. The summed E-state index contributed by atoms with van der Waals surface area (Å²) in [5.41, 5.74) is 2.42. The lowest BCUT2D eigenvalue weighted by molar-refractivity contribution is -0.0685. The predicted molar refractivity (Wildman–Crippen MR) is 175 cm³/mol. The van der Waals surface area contributed by atoms with Gasteiger partial charge in [0.15, 0.2) is 0 Å². The standard InChI is InChI=1S/C37H71N3/c1-28-36(13,14)37(28)20-15-16-26-40(37)35(11,12)24-22-32(5,6)29-18-17-25-39(29)34(9,10)23-21-33(7,8)30-19-27-38(30)31(2,3)4/h28-30H,15-27H2,1-14H3. The zero-order valence-electron chi connectivity index (χ0n) is 29.8. The highest BCUT2D eigenvalue weighted by atomic mass is 15.3. The molecule has 4 unspecified atom stereocenters. The molecule has 0 aromatic rings. The highest BCUT2D eigenvalue weighted by Crippen LogP contribution is 2.69. The molecule has 4 aliphatic rings. The third-order valence-electron chi connectivity index (χ3n) is 13.7. The molecule has 3 heterocycles. The van der Waals surface area contributed by atoms with E-state index in [9.17, 15) is 0 Å². The Balaban J connectivity index is 1.40. The van der Waals surface area contributed by atoms with Crippen molar-refractivity contribution in [2.45, 2.75) is 195 Å². The van der Waals surface area contributed by atoms with Gasteiger partial charge in [-0.2, -0.15) is 0 Å². The summed E-state index contributed by atoms with van der Waals surface area (Å²) >= 11 is 0. The Morgan fingerprint density at radius 1 is 0.600 bits per heavy atom. The largest absolute Gasteiger partial charge is 0.295 e. The molecule has 0 amide bonds. The van der Waals surface area contributed by atoms with E-state index in [0.29, 0.717) is 27.8 Å². The van der Waals surface area contributed by atoms with Crippen LogP contribution in [-0.2, 0) is 0 Å². The van der Waals surface area contributed by atoms with Gasteiger partial charge in [0, 0.05) is 40.8 Å². The number of hydrogen-bond acceptors (Lipinski definition) is 3. The fraction of sp³-hybridized carbons (Fsp3) is 1.00. The van der Waals surface area contributed by atoms with Crippen LogP contribution in [0.2, 0.25) is 0 Å². The van der Waals surface area contributed by atoms with Crippen molar-refractivity contribution in [3.05, 3.63) is 0 Å². The van der Waals surface area contributed by atoms with Crippen LogP contribution in [0.3, 0.4) is 0 Å². The van der Waals surface area contributed by atoms with Crippen LogP contribution in [0.15, 0.2) is 0 Å². The van der Waals surface area contributed by atoms with E-state index in [-0.39, 0.29) is 16.6 Å². The molecule has 0 aromatic heterocycles. The Bertz CT molecular complexity index is 890. The SMILES string of the molecule is CC1C(C)(C)C12CCCCN2C(C)(C)CCC(C)(C)C1CCCN1C(C)(C)CCC(C)(C)C1CCN1C(C)(C)C. The fourth-order valence-electron chi connectivity index (χ4n) is 10.2. The van der Waals surface area contributed by atoms with Crippen molar-refractivity contribution in [3.8, 4) is 0 Å². The Morgan fingerprint density at radius 3 is 1.60 bits per heavy atom. The molecule has 0 N–H and O–H groups in total. The molecule has 1 aliphatic carbocycles. The smallest absolute Gasteiger partial charge is 0.0300 e. The van der Waals surface area contributed by atoms with E-state index in [0.717, 1.165) is 12.0 Å². The molecule has 3 saturated heterocycles. The average molecular weight is 558 g/mol. The first-order valence-electron chi connectivity index (χ1n) is 17.4. The molecule has 1 spiro atoms. The predicted octanol–water partition coefficient (Wildman–Crippen LogP) is 9.39. The molecule has 234 valence electrons. The molecule has 0 aromatic carbocycles. The molecule has 40 heavy (non-hydrogen) atoms. The van der Waals surface area contributed by atoms with Gasteiger partial charge in [0.1, 0.15) is 0 Å². The summed E-state index contributed by atoms with van der Waals surface area (Å²) in [6.07, 6.45) is 13.6. The van der Waals surface area contributed by atoms with E-state index in [2.05, 4.69) is 112 Å². The van der Waals surface area contributed by atoms with Crippen molar-refractivity contribution >= 4 is 0 Å². The van der Waals surface area contributed by atoms with E-state index in [1.807, 2.05) is 0 Å². The van der Waals surface area contributed by atoms with Gasteiger partial charge in [-0.05, 0) is 142 Å². The number of piperidine rings is 1. The maximum Gasteiger partial charge on any atom is 0.0300 e. The number of likely N-dealkylation sites (tertiary alicyclic amines) is 3. The van der Waals surface area contributed by atoms with Crippen molar-refractivity contribution in [3.63, 3.8) is 0 Å². The maximum atomic E-state index is 3.00. The van der Waals surface area contributed by atoms with E-state index in [1.165, 1.54) is 83.8 Å². The summed E-state index contributed by atoms with van der Waals surface area (Å²) in [4.78, 5) is 8.73. The molecule has 1 saturated carbocycles. The molecule has 3 nitrogen and oxygen atoms in total. The minimum absolute atomic E-state index is 0.256. The van der Waals surface area contributed by atoms with Crippen molar-refractivity contribution in [1.29, 1.82) is 0 Å². The molecule has 0 bridgehead atoms. The molecule has 0 radical (unpaired) electrons. The Kier molecular flexibility index (Phi) is 8.61. The highest BCUT2D eigenvalue weighted by molar-refractivity contribution is 5.25. The first kappa shape index (κ1) is 32.8. The Morgan fingerprint density at radius 2 is 1.12 bits per heavy atom. The van der Waals surface area contributed by atoms with Gasteiger partial charge in [-0.1, -0.05) is 54.9 Å². The van der Waals surface area contributed by atoms with Crippen molar-refractivity contribution in [2.75, 3.05) is 19.6 Å². The van der Waals surface area contributed by atoms with Crippen LogP contribution in [0.25, 0.3) is 0 Å². The minimum Gasteiger partial charge on any atom is -0.295 e. The van der Waals surface area contributed by atoms with Gasteiger partial charge in [-0.25, -0.2) is 0 Å². The Hall–Kier alpha value is -0.120. The van der Waals surface area contributed by atoms with Crippen LogP contribution >= 0.6 is 0 Å². The quantitative estimate of drug-likeness (QED) is 0.265. The van der Waals surface area contributed by atoms with E-state index >= 15 is 0 Å². The summed E-state index contributed by atoms with van der Waals surface area (Å²) < 4.78 is 0. The van der Waals surface area contributed by atoms with E-state index in [1.54, 1.807) is 0 Å². The van der Waals surface area contributed by atoms with Gasteiger partial charge in [-0.15, -0.1) is 0 Å². The van der Waals surface area contributed by atoms with Crippen molar-refractivity contribution in [2.24, 2.45) is 22.2 Å². The zero-order chi connectivity index (χ0) is 30.2. The fourth-order valence-corrected chi connectivity index (χ4v) is 10.2. The second-order valence-electron chi connectivity index (χ2n) is 19.1. The van der Waals surface area contributed by atoms with Crippen molar-refractivity contribution in [1.82, 2.24) is 14.7 Å². The molecule has 3 heteroatoms. The lowest BCUT2D eigenvalue weighted by Crippen LogP contribution is -2.62. The summed E-state index contributed by atoms with van der Waals surface area (Å²) in [5.74, 6) is 0.818. The van der Waals surface area contributed by atoms with Gasteiger partial charge < -0.3 is 0 Å². The third-order valence-corrected chi connectivity index (χ3v) is 13.7.